The van der Waals surface area contributed by atoms with Gasteiger partial charge in [0.05, 0.1) is 0 Å². The van der Waals surface area contributed by atoms with Crippen molar-refractivity contribution < 1.29 is 24.2 Å². The molecule has 174 valence electrons. The Labute approximate surface area is 185 Å². The predicted molar refractivity (Wildman–Crippen MR) is 120 cm³/mol. The molecule has 0 radical (unpaired) electrons. The van der Waals surface area contributed by atoms with Crippen LogP contribution in [-0.2, 0) is 14.3 Å². The summed E-state index contributed by atoms with van der Waals surface area (Å²) in [6.07, 6.45) is 0.995. The molecular formula is C23H37N3O5. The van der Waals surface area contributed by atoms with Gasteiger partial charge in [0, 0.05) is 18.7 Å². The lowest BCUT2D eigenvalue weighted by atomic mass is 9.99. The van der Waals surface area contributed by atoms with E-state index in [2.05, 4.69) is 10.6 Å². The summed E-state index contributed by atoms with van der Waals surface area (Å²) < 4.78 is 5.22. The van der Waals surface area contributed by atoms with Crippen molar-refractivity contribution in [2.24, 2.45) is 0 Å². The van der Waals surface area contributed by atoms with Gasteiger partial charge >= 0.3 is 6.09 Å². The maximum Gasteiger partial charge on any atom is 0.408 e. The maximum absolute atomic E-state index is 13.2. The number of ether oxygens (including phenoxy) is 1. The molecule has 8 nitrogen and oxygen atoms in total. The lowest BCUT2D eigenvalue weighted by Crippen LogP contribution is -2.52. The standard InChI is InChI=1S/C23H37N3O5/c1-8-10-14-24-20(28)18(17-13-11-12-15(3)19(17)27)26(9-2)21(29)16(4)25-22(30)31-23(5,6)7/h11-13,16,18,27H,8-10,14H2,1-7H3,(H,24,28)(H,25,30). The molecule has 0 saturated heterocycles. The molecule has 31 heavy (non-hydrogen) atoms. The number of likely N-dealkylation sites (N-methyl/N-ethyl adjacent to an activating group) is 1. The van der Waals surface area contributed by atoms with Crippen molar-refractivity contribution >= 4 is 17.9 Å². The highest BCUT2D eigenvalue weighted by atomic mass is 16.6. The van der Waals surface area contributed by atoms with Gasteiger partial charge in [-0.25, -0.2) is 4.79 Å². The Bertz CT molecular complexity index is 773. The molecule has 0 spiro atoms. The molecule has 3 amide bonds. The van der Waals surface area contributed by atoms with Crippen LogP contribution in [0.2, 0.25) is 0 Å². The number of nitrogens with one attached hydrogen (secondary N) is 2. The Morgan fingerprint density at radius 1 is 1.19 bits per heavy atom. The van der Waals surface area contributed by atoms with Gasteiger partial charge in [0.2, 0.25) is 11.8 Å². The minimum Gasteiger partial charge on any atom is -0.507 e. The molecule has 0 aliphatic heterocycles. The van der Waals surface area contributed by atoms with Crippen molar-refractivity contribution in [2.75, 3.05) is 13.1 Å². The minimum absolute atomic E-state index is 0.0304. The zero-order chi connectivity index (χ0) is 23.8. The third-order valence-electron chi connectivity index (χ3n) is 4.68. The number of aromatic hydroxyl groups is 1. The Morgan fingerprint density at radius 2 is 1.84 bits per heavy atom. The van der Waals surface area contributed by atoms with Gasteiger partial charge < -0.3 is 25.4 Å². The third kappa shape index (κ3) is 7.77. The molecular weight excluding hydrogens is 398 g/mol. The largest absolute Gasteiger partial charge is 0.507 e. The molecule has 0 aliphatic rings. The monoisotopic (exact) mass is 435 g/mol. The molecule has 2 atom stereocenters. The molecule has 0 aliphatic carbocycles. The molecule has 0 fully saturated rings. The van der Waals surface area contributed by atoms with Gasteiger partial charge in [0.25, 0.3) is 0 Å². The molecule has 0 saturated carbocycles. The fraction of sp³-hybridized carbons (Fsp3) is 0.609. The molecule has 0 aromatic heterocycles. The summed E-state index contributed by atoms with van der Waals surface area (Å²) in [5.41, 5.74) is 0.243. The number of aryl methyl sites for hydroxylation is 1. The van der Waals surface area contributed by atoms with Crippen LogP contribution in [0.3, 0.4) is 0 Å². The summed E-state index contributed by atoms with van der Waals surface area (Å²) in [6, 6.07) is 3.14. The number of hydrogen-bond acceptors (Lipinski definition) is 5. The average Bonchev–Trinajstić information content (AvgIpc) is 2.66. The number of carbonyl (C=O) groups is 3. The van der Waals surface area contributed by atoms with E-state index >= 15 is 0 Å². The summed E-state index contributed by atoms with van der Waals surface area (Å²) in [4.78, 5) is 39.8. The quantitative estimate of drug-likeness (QED) is 0.515. The van der Waals surface area contributed by atoms with E-state index in [1.165, 1.54) is 11.8 Å². The Balaban J connectivity index is 3.20. The number of unbranched alkanes of at least 4 members (excludes halogenated alkanes) is 1. The summed E-state index contributed by atoms with van der Waals surface area (Å²) in [6.45, 7) is 12.9. The normalized spacial score (nSPS) is 13.1. The number of rotatable bonds is 9. The summed E-state index contributed by atoms with van der Waals surface area (Å²) in [5.74, 6) is -0.865. The highest BCUT2D eigenvalue weighted by molar-refractivity contribution is 5.92. The SMILES string of the molecule is CCCCNC(=O)C(c1cccc(C)c1O)N(CC)C(=O)C(C)NC(=O)OC(C)(C)C. The summed E-state index contributed by atoms with van der Waals surface area (Å²) in [7, 11) is 0. The number of amides is 3. The smallest absolute Gasteiger partial charge is 0.408 e. The second-order valence-corrected chi connectivity index (χ2v) is 8.55. The number of alkyl carbamates (subject to hydrolysis) is 1. The lowest BCUT2D eigenvalue weighted by molar-refractivity contribution is -0.142. The van der Waals surface area contributed by atoms with Gasteiger partial charge in [-0.3, -0.25) is 9.59 Å². The maximum atomic E-state index is 13.2. The molecule has 0 bridgehead atoms. The van der Waals surface area contributed by atoms with Crippen LogP contribution in [0.5, 0.6) is 5.75 Å². The van der Waals surface area contributed by atoms with Crippen LogP contribution in [0, 0.1) is 6.92 Å². The van der Waals surface area contributed by atoms with Crippen LogP contribution in [0.1, 0.15) is 71.6 Å². The predicted octanol–water partition coefficient (Wildman–Crippen LogP) is 3.42. The van der Waals surface area contributed by atoms with Crippen LogP contribution in [0.25, 0.3) is 0 Å². The van der Waals surface area contributed by atoms with Crippen molar-refractivity contribution in [3.8, 4) is 5.75 Å². The second kappa shape index (κ2) is 11.6. The second-order valence-electron chi connectivity index (χ2n) is 8.55. The molecule has 8 heteroatoms. The van der Waals surface area contributed by atoms with Gasteiger partial charge in [-0.2, -0.15) is 0 Å². The van der Waals surface area contributed by atoms with E-state index in [1.54, 1.807) is 52.8 Å². The molecule has 1 rings (SSSR count). The van der Waals surface area contributed by atoms with Crippen LogP contribution >= 0.6 is 0 Å². The Kier molecular flexibility index (Phi) is 9.81. The summed E-state index contributed by atoms with van der Waals surface area (Å²) in [5, 5.41) is 16.0. The topological polar surface area (TPSA) is 108 Å². The number of para-hydroxylation sites is 1. The van der Waals surface area contributed by atoms with Gasteiger partial charge in [0.15, 0.2) is 0 Å². The molecule has 1 aromatic rings. The number of nitrogens with zero attached hydrogens (tertiary/aromatic N) is 1. The highest BCUT2D eigenvalue weighted by Gasteiger charge is 2.35. The van der Waals surface area contributed by atoms with Gasteiger partial charge in [0.1, 0.15) is 23.4 Å². The molecule has 1 aromatic carbocycles. The van der Waals surface area contributed by atoms with Crippen molar-refractivity contribution in [2.45, 2.75) is 79.0 Å². The van der Waals surface area contributed by atoms with Gasteiger partial charge in [-0.1, -0.05) is 31.5 Å². The van der Waals surface area contributed by atoms with Crippen molar-refractivity contribution in [1.29, 1.82) is 0 Å². The van der Waals surface area contributed by atoms with Crippen LogP contribution in [-0.4, -0.2) is 52.6 Å². The molecule has 0 heterocycles. The molecule has 3 N–H and O–H groups in total. The fourth-order valence-electron chi connectivity index (χ4n) is 3.10. The number of phenols is 1. The van der Waals surface area contributed by atoms with E-state index < -0.39 is 29.7 Å². The third-order valence-corrected chi connectivity index (χ3v) is 4.68. The van der Waals surface area contributed by atoms with Crippen molar-refractivity contribution in [1.82, 2.24) is 15.5 Å². The molecule has 2 unspecified atom stereocenters. The number of carbonyl (C=O) groups excluding carboxylic acids is 3. The van der Waals surface area contributed by atoms with Crippen molar-refractivity contribution in [3.05, 3.63) is 29.3 Å². The van der Waals surface area contributed by atoms with E-state index in [1.807, 2.05) is 6.92 Å². The first-order valence-electron chi connectivity index (χ1n) is 10.8. The van der Waals surface area contributed by atoms with Crippen LogP contribution in [0.15, 0.2) is 18.2 Å². The Hall–Kier alpha value is -2.77. The van der Waals surface area contributed by atoms with E-state index in [-0.39, 0.29) is 18.2 Å². The number of phenolic OH excluding ortho intramolecular Hbond substituents is 1. The van der Waals surface area contributed by atoms with E-state index in [0.717, 1.165) is 12.8 Å². The van der Waals surface area contributed by atoms with Crippen molar-refractivity contribution in [3.63, 3.8) is 0 Å². The Morgan fingerprint density at radius 3 is 2.39 bits per heavy atom. The number of hydrogen-bond donors (Lipinski definition) is 3. The van der Waals surface area contributed by atoms with Crippen LogP contribution < -0.4 is 10.6 Å². The fourth-order valence-corrected chi connectivity index (χ4v) is 3.10. The first-order chi connectivity index (χ1) is 14.4. The zero-order valence-electron chi connectivity index (χ0n) is 19.7. The minimum atomic E-state index is -1.03. The number of benzene rings is 1. The zero-order valence-corrected chi connectivity index (χ0v) is 19.7. The first kappa shape index (κ1) is 26.3. The summed E-state index contributed by atoms with van der Waals surface area (Å²) >= 11 is 0. The lowest BCUT2D eigenvalue weighted by Gasteiger charge is -2.33. The van der Waals surface area contributed by atoms with E-state index in [9.17, 15) is 19.5 Å². The van der Waals surface area contributed by atoms with E-state index in [4.69, 9.17) is 4.74 Å². The van der Waals surface area contributed by atoms with Gasteiger partial charge in [-0.15, -0.1) is 0 Å². The first-order valence-corrected chi connectivity index (χ1v) is 10.8. The average molecular weight is 436 g/mol. The van der Waals surface area contributed by atoms with Gasteiger partial charge in [-0.05, 0) is 53.5 Å². The van der Waals surface area contributed by atoms with E-state index in [0.29, 0.717) is 17.7 Å². The van der Waals surface area contributed by atoms with Crippen LogP contribution in [0.4, 0.5) is 4.79 Å². The highest BCUT2D eigenvalue weighted by Crippen LogP contribution is 2.32.